The van der Waals surface area contributed by atoms with Crippen molar-refractivity contribution < 1.29 is 9.59 Å². The average Bonchev–Trinajstić information content (AvgIpc) is 2.74. The van der Waals surface area contributed by atoms with Crippen LogP contribution in [0.5, 0.6) is 0 Å². The smallest absolute Gasteiger partial charge is 0.243 e. The molecule has 2 aromatic rings. The van der Waals surface area contributed by atoms with Gasteiger partial charge in [0.2, 0.25) is 11.8 Å². The summed E-state index contributed by atoms with van der Waals surface area (Å²) in [6, 6.07) is 15.3. The highest BCUT2D eigenvalue weighted by molar-refractivity contribution is 7.99. The van der Waals surface area contributed by atoms with Crippen LogP contribution in [0.2, 0.25) is 5.02 Å². The van der Waals surface area contributed by atoms with Crippen LogP contribution in [0.15, 0.2) is 48.5 Å². The van der Waals surface area contributed by atoms with E-state index in [1.807, 2.05) is 76.2 Å². The molecule has 0 aliphatic rings. The molecule has 2 atom stereocenters. The molecule has 168 valence electrons. The molecule has 0 unspecified atom stereocenters. The van der Waals surface area contributed by atoms with Gasteiger partial charge in [-0.25, -0.2) is 0 Å². The molecule has 0 radical (unpaired) electrons. The molecule has 0 saturated carbocycles. The van der Waals surface area contributed by atoms with Crippen molar-refractivity contribution in [1.82, 2.24) is 10.2 Å². The van der Waals surface area contributed by atoms with Crippen LogP contribution in [0.3, 0.4) is 0 Å². The summed E-state index contributed by atoms with van der Waals surface area (Å²) in [6.07, 6.45) is 1.42. The average molecular weight is 461 g/mol. The molecule has 0 saturated heterocycles. The van der Waals surface area contributed by atoms with E-state index in [0.29, 0.717) is 29.5 Å². The summed E-state index contributed by atoms with van der Waals surface area (Å²) in [7, 11) is 0. The second-order valence-electron chi connectivity index (χ2n) is 7.81. The maximum atomic E-state index is 13.3. The van der Waals surface area contributed by atoms with Gasteiger partial charge >= 0.3 is 0 Å². The standard InChI is InChI=1S/C25H33ClN2O2S/c1-5-19(4)27-25(30)23(6-2)28(15-21-12-8-7-10-18(21)3)24(29)17-31-16-20-11-9-13-22(26)14-20/h7-14,19,23H,5-6,15-17H2,1-4H3,(H,27,30)/t19-,23+/m1/s1. The van der Waals surface area contributed by atoms with Gasteiger partial charge in [-0.15, -0.1) is 11.8 Å². The predicted octanol–water partition coefficient (Wildman–Crippen LogP) is 5.60. The molecule has 2 amide bonds. The zero-order valence-corrected chi connectivity index (χ0v) is 20.4. The summed E-state index contributed by atoms with van der Waals surface area (Å²) < 4.78 is 0. The molecule has 1 N–H and O–H groups in total. The highest BCUT2D eigenvalue weighted by Crippen LogP contribution is 2.20. The quantitative estimate of drug-likeness (QED) is 0.474. The molecule has 0 heterocycles. The Hall–Kier alpha value is -1.98. The van der Waals surface area contributed by atoms with Crippen LogP contribution >= 0.6 is 23.4 Å². The van der Waals surface area contributed by atoms with Crippen molar-refractivity contribution in [2.75, 3.05) is 5.75 Å². The van der Waals surface area contributed by atoms with E-state index in [2.05, 4.69) is 5.32 Å². The number of aryl methyl sites for hydroxylation is 1. The number of halogens is 1. The summed E-state index contributed by atoms with van der Waals surface area (Å²) in [4.78, 5) is 28.0. The van der Waals surface area contributed by atoms with Crippen molar-refractivity contribution in [3.05, 3.63) is 70.2 Å². The van der Waals surface area contributed by atoms with Gasteiger partial charge in [0.25, 0.3) is 0 Å². The normalized spacial score (nSPS) is 12.8. The van der Waals surface area contributed by atoms with E-state index in [-0.39, 0.29) is 17.9 Å². The molecule has 31 heavy (non-hydrogen) atoms. The molecule has 6 heteroatoms. The number of carbonyl (C=O) groups excluding carboxylic acids is 2. The van der Waals surface area contributed by atoms with Gasteiger partial charge < -0.3 is 10.2 Å². The first kappa shape index (κ1) is 25.3. The fraction of sp³-hybridized carbons (Fsp3) is 0.440. The zero-order valence-electron chi connectivity index (χ0n) is 18.9. The van der Waals surface area contributed by atoms with Gasteiger partial charge in [-0.3, -0.25) is 9.59 Å². The van der Waals surface area contributed by atoms with Gasteiger partial charge in [-0.05, 0) is 55.5 Å². The van der Waals surface area contributed by atoms with E-state index < -0.39 is 6.04 Å². The second kappa shape index (κ2) is 12.8. The molecule has 0 aliphatic carbocycles. The van der Waals surface area contributed by atoms with Crippen molar-refractivity contribution >= 4 is 35.2 Å². The molecule has 0 fully saturated rings. The number of nitrogens with zero attached hydrogens (tertiary/aromatic N) is 1. The molecule has 2 aromatic carbocycles. The molecule has 0 bridgehead atoms. The third-order valence-corrected chi connectivity index (χ3v) is 6.60. The number of rotatable bonds is 11. The lowest BCUT2D eigenvalue weighted by atomic mass is 10.1. The van der Waals surface area contributed by atoms with Crippen LogP contribution < -0.4 is 5.32 Å². The number of hydrogen-bond acceptors (Lipinski definition) is 3. The maximum Gasteiger partial charge on any atom is 0.243 e. The van der Waals surface area contributed by atoms with Gasteiger partial charge in [0.1, 0.15) is 6.04 Å². The van der Waals surface area contributed by atoms with Crippen LogP contribution in [0.1, 0.15) is 50.3 Å². The summed E-state index contributed by atoms with van der Waals surface area (Å²) in [6.45, 7) is 8.44. The minimum absolute atomic E-state index is 0.0265. The highest BCUT2D eigenvalue weighted by Gasteiger charge is 2.29. The largest absolute Gasteiger partial charge is 0.352 e. The Morgan fingerprint density at radius 2 is 1.84 bits per heavy atom. The second-order valence-corrected chi connectivity index (χ2v) is 9.23. The van der Waals surface area contributed by atoms with Gasteiger partial charge in [-0.2, -0.15) is 0 Å². The molecule has 4 nitrogen and oxygen atoms in total. The number of hydrogen-bond donors (Lipinski definition) is 1. The Bertz CT molecular complexity index is 874. The van der Waals surface area contributed by atoms with Gasteiger partial charge in [0.05, 0.1) is 5.75 Å². The Morgan fingerprint density at radius 3 is 2.48 bits per heavy atom. The first-order valence-electron chi connectivity index (χ1n) is 10.8. The van der Waals surface area contributed by atoms with Crippen molar-refractivity contribution in [2.24, 2.45) is 0 Å². The van der Waals surface area contributed by atoms with Crippen molar-refractivity contribution in [3.8, 4) is 0 Å². The third-order valence-electron chi connectivity index (χ3n) is 5.37. The lowest BCUT2D eigenvalue weighted by Crippen LogP contribution is -2.51. The number of benzene rings is 2. The minimum Gasteiger partial charge on any atom is -0.352 e. The first-order chi connectivity index (χ1) is 14.8. The predicted molar refractivity (Wildman–Crippen MR) is 131 cm³/mol. The SMILES string of the molecule is CC[C@@H](C)NC(=O)[C@H](CC)N(Cc1ccccc1C)C(=O)CSCc1cccc(Cl)c1. The molecule has 0 aromatic heterocycles. The Morgan fingerprint density at radius 1 is 1.10 bits per heavy atom. The molecule has 0 aliphatic heterocycles. The Balaban J connectivity index is 2.15. The Kier molecular flexibility index (Phi) is 10.4. The van der Waals surface area contributed by atoms with Gasteiger partial charge in [0, 0.05) is 23.4 Å². The molecular weight excluding hydrogens is 428 g/mol. The highest BCUT2D eigenvalue weighted by atomic mass is 35.5. The lowest BCUT2D eigenvalue weighted by molar-refractivity contribution is -0.139. The third kappa shape index (κ3) is 7.89. The van der Waals surface area contributed by atoms with Crippen molar-refractivity contribution in [3.63, 3.8) is 0 Å². The van der Waals surface area contributed by atoms with Crippen LogP contribution in [-0.4, -0.2) is 34.6 Å². The molecule has 2 rings (SSSR count). The van der Waals surface area contributed by atoms with Crippen molar-refractivity contribution in [2.45, 2.75) is 64.9 Å². The van der Waals surface area contributed by atoms with Crippen LogP contribution in [0.25, 0.3) is 0 Å². The van der Waals surface area contributed by atoms with E-state index in [4.69, 9.17) is 11.6 Å². The maximum absolute atomic E-state index is 13.3. The number of thioether (sulfide) groups is 1. The fourth-order valence-electron chi connectivity index (χ4n) is 3.30. The van der Waals surface area contributed by atoms with Gasteiger partial charge in [-0.1, -0.05) is 61.8 Å². The minimum atomic E-state index is -0.493. The summed E-state index contributed by atoms with van der Waals surface area (Å²) in [5, 5.41) is 3.74. The summed E-state index contributed by atoms with van der Waals surface area (Å²) >= 11 is 7.60. The van der Waals surface area contributed by atoms with Crippen LogP contribution in [-0.2, 0) is 21.9 Å². The fourth-order valence-corrected chi connectivity index (χ4v) is 4.37. The van der Waals surface area contributed by atoms with E-state index in [0.717, 1.165) is 23.1 Å². The number of carbonyl (C=O) groups is 2. The van der Waals surface area contributed by atoms with E-state index >= 15 is 0 Å². The molecular formula is C25H33ClN2O2S. The first-order valence-corrected chi connectivity index (χ1v) is 12.4. The molecule has 0 spiro atoms. The van der Waals surface area contributed by atoms with E-state index in [1.54, 1.807) is 16.7 Å². The Labute approximate surface area is 195 Å². The van der Waals surface area contributed by atoms with Crippen LogP contribution in [0.4, 0.5) is 0 Å². The van der Waals surface area contributed by atoms with E-state index in [1.165, 1.54) is 0 Å². The topological polar surface area (TPSA) is 49.4 Å². The van der Waals surface area contributed by atoms with Crippen molar-refractivity contribution in [1.29, 1.82) is 0 Å². The zero-order chi connectivity index (χ0) is 22.8. The number of nitrogens with one attached hydrogen (secondary N) is 1. The monoisotopic (exact) mass is 460 g/mol. The van der Waals surface area contributed by atoms with Gasteiger partial charge in [0.15, 0.2) is 0 Å². The lowest BCUT2D eigenvalue weighted by Gasteiger charge is -2.32. The van der Waals surface area contributed by atoms with E-state index in [9.17, 15) is 9.59 Å². The number of amides is 2. The van der Waals surface area contributed by atoms with Crippen LogP contribution in [0, 0.1) is 6.92 Å². The summed E-state index contributed by atoms with van der Waals surface area (Å²) in [5.41, 5.74) is 3.26. The summed E-state index contributed by atoms with van der Waals surface area (Å²) in [5.74, 6) is 0.895.